The minimum atomic E-state index is 0.0647. The lowest BCUT2D eigenvalue weighted by Crippen LogP contribution is -2.12. The van der Waals surface area contributed by atoms with Gasteiger partial charge in [-0.1, -0.05) is 19.9 Å². The van der Waals surface area contributed by atoms with Gasteiger partial charge in [0.25, 0.3) is 0 Å². The fourth-order valence-electron chi connectivity index (χ4n) is 1.29. The summed E-state index contributed by atoms with van der Waals surface area (Å²) in [7, 11) is 0. The van der Waals surface area contributed by atoms with Crippen molar-refractivity contribution in [2.24, 2.45) is 11.7 Å². The minimum absolute atomic E-state index is 0.0647. The quantitative estimate of drug-likeness (QED) is 0.840. The van der Waals surface area contributed by atoms with E-state index >= 15 is 0 Å². The van der Waals surface area contributed by atoms with Gasteiger partial charge < -0.3 is 5.73 Å². The molecule has 2 nitrogen and oxygen atoms in total. The Morgan fingerprint density at radius 1 is 1.36 bits per heavy atom. The van der Waals surface area contributed by atoms with Gasteiger partial charge in [0.05, 0.1) is 5.69 Å². The summed E-state index contributed by atoms with van der Waals surface area (Å²) in [5.74, 6) is 0.702. The van der Waals surface area contributed by atoms with Gasteiger partial charge >= 0.3 is 0 Å². The molecular weight excluding hydrogens is 240 g/mol. The van der Waals surface area contributed by atoms with E-state index in [9.17, 15) is 0 Å². The second-order valence-corrected chi connectivity index (χ2v) is 4.78. The number of halogens is 1. The van der Waals surface area contributed by atoms with Gasteiger partial charge in [-0.25, -0.2) is 4.98 Å². The van der Waals surface area contributed by atoms with Crippen LogP contribution in [0.2, 0.25) is 0 Å². The number of pyridine rings is 1. The van der Waals surface area contributed by atoms with E-state index in [1.54, 1.807) is 0 Å². The van der Waals surface area contributed by atoms with Crippen molar-refractivity contribution in [1.82, 2.24) is 4.98 Å². The highest BCUT2D eigenvalue weighted by Crippen LogP contribution is 2.18. The van der Waals surface area contributed by atoms with Gasteiger partial charge in [-0.3, -0.25) is 0 Å². The largest absolute Gasteiger partial charge is 0.323 e. The molecule has 1 heterocycles. The summed E-state index contributed by atoms with van der Waals surface area (Å²) in [6.45, 7) is 4.42. The SMILES string of the molecule is CC(C)CC[C@@H](N)c1cccc(Br)n1. The molecule has 0 aliphatic carbocycles. The molecule has 0 saturated carbocycles. The van der Waals surface area contributed by atoms with Gasteiger partial charge in [0.2, 0.25) is 0 Å². The van der Waals surface area contributed by atoms with E-state index in [4.69, 9.17) is 5.73 Å². The third kappa shape index (κ3) is 3.76. The van der Waals surface area contributed by atoms with E-state index < -0.39 is 0 Å². The van der Waals surface area contributed by atoms with Crippen LogP contribution in [0, 0.1) is 5.92 Å². The van der Waals surface area contributed by atoms with Crippen LogP contribution < -0.4 is 5.73 Å². The average Bonchev–Trinajstić information content (AvgIpc) is 2.14. The molecule has 0 aliphatic heterocycles. The van der Waals surface area contributed by atoms with Crippen molar-refractivity contribution < 1.29 is 0 Å². The molecule has 14 heavy (non-hydrogen) atoms. The lowest BCUT2D eigenvalue weighted by molar-refractivity contribution is 0.501. The zero-order valence-corrected chi connectivity index (χ0v) is 10.3. The van der Waals surface area contributed by atoms with Crippen LogP contribution in [-0.2, 0) is 0 Å². The maximum absolute atomic E-state index is 6.03. The van der Waals surface area contributed by atoms with Gasteiger partial charge in [-0.2, -0.15) is 0 Å². The van der Waals surface area contributed by atoms with Crippen LogP contribution in [0.4, 0.5) is 0 Å². The average molecular weight is 257 g/mol. The smallest absolute Gasteiger partial charge is 0.106 e. The molecule has 1 atom stereocenters. The molecule has 0 unspecified atom stereocenters. The van der Waals surface area contributed by atoms with Crippen LogP contribution in [-0.4, -0.2) is 4.98 Å². The first kappa shape index (κ1) is 11.7. The molecule has 1 aromatic heterocycles. The summed E-state index contributed by atoms with van der Waals surface area (Å²) in [6.07, 6.45) is 2.15. The molecular formula is C11H17BrN2. The van der Waals surface area contributed by atoms with Crippen molar-refractivity contribution in [2.45, 2.75) is 32.7 Å². The molecule has 0 saturated heterocycles. The normalized spacial score (nSPS) is 13.2. The summed E-state index contributed by atoms with van der Waals surface area (Å²) in [6, 6.07) is 5.94. The minimum Gasteiger partial charge on any atom is -0.323 e. The summed E-state index contributed by atoms with van der Waals surface area (Å²) < 4.78 is 0.856. The Hall–Kier alpha value is -0.410. The molecule has 0 fully saturated rings. The van der Waals surface area contributed by atoms with E-state index in [0.717, 1.165) is 23.1 Å². The maximum atomic E-state index is 6.03. The molecule has 2 N–H and O–H groups in total. The van der Waals surface area contributed by atoms with Crippen LogP contribution >= 0.6 is 15.9 Å². The van der Waals surface area contributed by atoms with Crippen molar-refractivity contribution in [1.29, 1.82) is 0 Å². The van der Waals surface area contributed by atoms with Gasteiger partial charge in [0.15, 0.2) is 0 Å². The lowest BCUT2D eigenvalue weighted by atomic mass is 10.0. The van der Waals surface area contributed by atoms with Gasteiger partial charge in [0.1, 0.15) is 4.60 Å². The Bertz CT molecular complexity index is 286. The second-order valence-electron chi connectivity index (χ2n) is 3.96. The molecule has 1 aromatic rings. The van der Waals surface area contributed by atoms with Gasteiger partial charge in [-0.15, -0.1) is 0 Å². The van der Waals surface area contributed by atoms with Crippen LogP contribution in [0.15, 0.2) is 22.8 Å². The molecule has 1 rings (SSSR count). The zero-order chi connectivity index (χ0) is 10.6. The van der Waals surface area contributed by atoms with Crippen LogP contribution in [0.1, 0.15) is 38.4 Å². The molecule has 0 spiro atoms. The van der Waals surface area contributed by atoms with E-state index in [1.165, 1.54) is 0 Å². The van der Waals surface area contributed by atoms with Crippen LogP contribution in [0.25, 0.3) is 0 Å². The van der Waals surface area contributed by atoms with Crippen molar-refractivity contribution >= 4 is 15.9 Å². The topological polar surface area (TPSA) is 38.9 Å². The zero-order valence-electron chi connectivity index (χ0n) is 8.70. The highest BCUT2D eigenvalue weighted by atomic mass is 79.9. The summed E-state index contributed by atoms with van der Waals surface area (Å²) >= 11 is 3.34. The molecule has 78 valence electrons. The number of hydrogen-bond donors (Lipinski definition) is 1. The van der Waals surface area contributed by atoms with Gasteiger partial charge in [0, 0.05) is 6.04 Å². The van der Waals surface area contributed by atoms with Crippen molar-refractivity contribution in [2.75, 3.05) is 0 Å². The van der Waals surface area contributed by atoms with Gasteiger partial charge in [-0.05, 0) is 46.8 Å². The maximum Gasteiger partial charge on any atom is 0.106 e. The predicted octanol–water partition coefficient (Wildman–Crippen LogP) is 3.28. The first-order chi connectivity index (χ1) is 6.59. The second kappa shape index (κ2) is 5.47. The van der Waals surface area contributed by atoms with E-state index in [2.05, 4.69) is 34.8 Å². The number of rotatable bonds is 4. The Balaban J connectivity index is 2.56. The number of aromatic nitrogens is 1. The van der Waals surface area contributed by atoms with Crippen molar-refractivity contribution in [3.63, 3.8) is 0 Å². The third-order valence-electron chi connectivity index (χ3n) is 2.17. The Kier molecular flexibility index (Phi) is 4.55. The lowest BCUT2D eigenvalue weighted by Gasteiger charge is -2.12. The molecule has 3 heteroatoms. The number of nitrogens with two attached hydrogens (primary N) is 1. The van der Waals surface area contributed by atoms with E-state index in [0.29, 0.717) is 5.92 Å². The van der Waals surface area contributed by atoms with E-state index in [-0.39, 0.29) is 6.04 Å². The van der Waals surface area contributed by atoms with Crippen molar-refractivity contribution in [3.8, 4) is 0 Å². The third-order valence-corrected chi connectivity index (χ3v) is 2.61. The Morgan fingerprint density at radius 3 is 2.64 bits per heavy atom. The van der Waals surface area contributed by atoms with Crippen LogP contribution in [0.5, 0.6) is 0 Å². The summed E-state index contributed by atoms with van der Waals surface area (Å²) in [4.78, 5) is 4.34. The Morgan fingerprint density at radius 2 is 2.07 bits per heavy atom. The predicted molar refractivity (Wildman–Crippen MR) is 62.9 cm³/mol. The van der Waals surface area contributed by atoms with Crippen molar-refractivity contribution in [3.05, 3.63) is 28.5 Å². The molecule has 0 aliphatic rings. The first-order valence-electron chi connectivity index (χ1n) is 4.97. The standard InChI is InChI=1S/C11H17BrN2/c1-8(2)6-7-9(13)10-4-3-5-11(12)14-10/h3-5,8-9H,6-7,13H2,1-2H3/t9-/m1/s1. The van der Waals surface area contributed by atoms with E-state index in [1.807, 2.05) is 18.2 Å². The highest BCUT2D eigenvalue weighted by Gasteiger charge is 2.08. The molecule has 0 aromatic carbocycles. The fraction of sp³-hybridized carbons (Fsp3) is 0.545. The monoisotopic (exact) mass is 256 g/mol. The highest BCUT2D eigenvalue weighted by molar-refractivity contribution is 9.10. The van der Waals surface area contributed by atoms with Crippen LogP contribution in [0.3, 0.4) is 0 Å². The fourth-order valence-corrected chi connectivity index (χ4v) is 1.65. The molecule has 0 bridgehead atoms. The summed E-state index contributed by atoms with van der Waals surface area (Å²) in [5.41, 5.74) is 7.00. The molecule has 0 amide bonds. The summed E-state index contributed by atoms with van der Waals surface area (Å²) in [5, 5.41) is 0. The number of nitrogens with zero attached hydrogens (tertiary/aromatic N) is 1. The Labute approximate surface area is 94.0 Å². The first-order valence-corrected chi connectivity index (χ1v) is 5.77. The molecule has 0 radical (unpaired) electrons. The number of hydrogen-bond acceptors (Lipinski definition) is 2.